The lowest BCUT2D eigenvalue weighted by atomic mass is 10.0. The fourth-order valence-corrected chi connectivity index (χ4v) is 3.49. The summed E-state index contributed by atoms with van der Waals surface area (Å²) in [5.41, 5.74) is -0.880. The maximum Gasteiger partial charge on any atom is 0.341 e. The number of fused-ring (bicyclic) bond motifs is 1. The maximum atomic E-state index is 14.0. The van der Waals surface area contributed by atoms with E-state index >= 15 is 0 Å². The summed E-state index contributed by atoms with van der Waals surface area (Å²) in [5, 5.41) is 22.0. The van der Waals surface area contributed by atoms with Crippen LogP contribution in [0.3, 0.4) is 0 Å². The molecule has 0 unspecified atom stereocenters. The second-order valence-corrected chi connectivity index (χ2v) is 7.77. The molecule has 0 saturated carbocycles. The minimum Gasteiger partial charge on any atom is -0.477 e. The molecule has 1 aromatic carbocycles. The van der Waals surface area contributed by atoms with Crippen molar-refractivity contribution >= 4 is 22.7 Å². The van der Waals surface area contributed by atoms with Crippen molar-refractivity contribution in [2.24, 2.45) is 5.92 Å². The summed E-state index contributed by atoms with van der Waals surface area (Å²) < 4.78 is 42.5. The van der Waals surface area contributed by atoms with E-state index in [0.29, 0.717) is 17.8 Å². The molecule has 170 valence electrons. The van der Waals surface area contributed by atoms with E-state index < -0.39 is 46.0 Å². The van der Waals surface area contributed by atoms with Crippen molar-refractivity contribution in [1.82, 2.24) is 9.55 Å². The summed E-state index contributed by atoms with van der Waals surface area (Å²) >= 11 is 0. The van der Waals surface area contributed by atoms with E-state index in [1.165, 1.54) is 10.6 Å². The molecule has 10 heteroatoms. The van der Waals surface area contributed by atoms with Gasteiger partial charge in [0.2, 0.25) is 5.43 Å². The maximum absolute atomic E-state index is 14.0. The summed E-state index contributed by atoms with van der Waals surface area (Å²) in [7, 11) is 0. The van der Waals surface area contributed by atoms with Crippen molar-refractivity contribution in [2.75, 3.05) is 11.9 Å². The Balaban J connectivity index is 2.15. The molecule has 0 aliphatic carbocycles. The first-order valence-corrected chi connectivity index (χ1v) is 9.83. The molecule has 0 bridgehead atoms. The number of aromatic carboxylic acids is 1. The van der Waals surface area contributed by atoms with Crippen molar-refractivity contribution in [2.45, 2.75) is 33.4 Å². The number of aromatic nitrogens is 2. The number of carboxylic acids is 1. The summed E-state index contributed by atoms with van der Waals surface area (Å²) in [6.07, 6.45) is 1.16. The van der Waals surface area contributed by atoms with Crippen LogP contribution in [0.4, 0.5) is 18.9 Å². The van der Waals surface area contributed by atoms with Crippen LogP contribution in [0.25, 0.3) is 11.0 Å². The van der Waals surface area contributed by atoms with Crippen LogP contribution < -0.4 is 10.7 Å². The molecule has 0 radical (unpaired) electrons. The molecule has 2 aromatic heterocycles. The Morgan fingerprint density at radius 2 is 1.81 bits per heavy atom. The van der Waals surface area contributed by atoms with Crippen molar-refractivity contribution in [3.8, 4) is 0 Å². The van der Waals surface area contributed by atoms with Gasteiger partial charge in [0.1, 0.15) is 28.7 Å². The van der Waals surface area contributed by atoms with Crippen LogP contribution in [0.5, 0.6) is 0 Å². The minimum absolute atomic E-state index is 0.0304. The number of carbonyl (C=O) groups is 1. The summed E-state index contributed by atoms with van der Waals surface area (Å²) in [5.74, 6) is -4.72. The predicted molar refractivity (Wildman–Crippen MR) is 112 cm³/mol. The van der Waals surface area contributed by atoms with Gasteiger partial charge in [-0.3, -0.25) is 4.79 Å². The van der Waals surface area contributed by atoms with E-state index in [4.69, 9.17) is 0 Å². The highest BCUT2D eigenvalue weighted by atomic mass is 19.1. The first-order chi connectivity index (χ1) is 15.0. The normalized spacial score (nSPS) is 12.4. The number of benzene rings is 1. The number of nitrogens with one attached hydrogen (secondary N) is 1. The van der Waals surface area contributed by atoms with E-state index in [2.05, 4.69) is 10.3 Å². The van der Waals surface area contributed by atoms with Crippen LogP contribution in [-0.2, 0) is 6.54 Å². The average Bonchev–Trinajstić information content (AvgIpc) is 2.69. The second kappa shape index (κ2) is 8.99. The number of carboxylic acid groups (broad SMARTS) is 1. The number of aryl methyl sites for hydroxylation is 1. The second-order valence-electron chi connectivity index (χ2n) is 7.77. The monoisotopic (exact) mass is 449 g/mol. The van der Waals surface area contributed by atoms with Crippen LogP contribution in [0.15, 0.2) is 29.2 Å². The van der Waals surface area contributed by atoms with E-state index in [-0.39, 0.29) is 35.8 Å². The lowest BCUT2D eigenvalue weighted by Gasteiger charge is -2.24. The molecule has 32 heavy (non-hydrogen) atoms. The molecule has 7 nitrogen and oxygen atoms in total. The fourth-order valence-electron chi connectivity index (χ4n) is 3.49. The van der Waals surface area contributed by atoms with Gasteiger partial charge in [0.15, 0.2) is 0 Å². The molecule has 1 atom stereocenters. The molecule has 3 N–H and O–H groups in total. The molecular weight excluding hydrogens is 427 g/mol. The van der Waals surface area contributed by atoms with Crippen molar-refractivity contribution < 1.29 is 28.2 Å². The Bertz CT molecular complexity index is 1230. The van der Waals surface area contributed by atoms with Gasteiger partial charge in [0.25, 0.3) is 0 Å². The van der Waals surface area contributed by atoms with Gasteiger partial charge in [0, 0.05) is 30.4 Å². The molecule has 0 aliphatic heterocycles. The summed E-state index contributed by atoms with van der Waals surface area (Å²) in [6, 6.07) is 1.94. The standard InChI is InChI=1S/C22H22F3N3O4/c1-10(2)19(9-29)28-8-15(22(31)32)20(30)13-6-18(11(3)27-21(13)28)26-7-14-16(24)4-12(23)5-17(14)25/h4-6,8,10,19,26,29H,7,9H2,1-3H3,(H,31,32)/t19-/m1/s1. The smallest absolute Gasteiger partial charge is 0.341 e. The number of aliphatic hydroxyl groups is 1. The largest absolute Gasteiger partial charge is 0.477 e. The third kappa shape index (κ3) is 4.31. The van der Waals surface area contributed by atoms with E-state index in [1.807, 2.05) is 13.8 Å². The molecular formula is C22H22F3N3O4. The highest BCUT2D eigenvalue weighted by Crippen LogP contribution is 2.26. The topological polar surface area (TPSA) is 104 Å². The van der Waals surface area contributed by atoms with Crippen molar-refractivity contribution in [3.05, 3.63) is 68.9 Å². The Morgan fingerprint density at radius 1 is 1.19 bits per heavy atom. The van der Waals surface area contributed by atoms with Gasteiger partial charge in [-0.25, -0.2) is 22.9 Å². The number of hydrogen-bond acceptors (Lipinski definition) is 5. The number of nitrogens with zero attached hydrogens (tertiary/aromatic N) is 2. The molecule has 0 fully saturated rings. The number of pyridine rings is 2. The molecule has 0 aliphatic rings. The zero-order chi connectivity index (χ0) is 23.7. The van der Waals surface area contributed by atoms with Crippen LogP contribution in [-0.4, -0.2) is 32.3 Å². The summed E-state index contributed by atoms with van der Waals surface area (Å²) in [6.45, 7) is 4.60. The van der Waals surface area contributed by atoms with Gasteiger partial charge in [-0.2, -0.15) is 0 Å². The first-order valence-electron chi connectivity index (χ1n) is 9.83. The SMILES string of the molecule is Cc1nc2c(cc1NCc1c(F)cc(F)cc1F)c(=O)c(C(=O)O)cn2[C@H](CO)C(C)C. The van der Waals surface area contributed by atoms with Crippen molar-refractivity contribution in [3.63, 3.8) is 0 Å². The molecule has 0 spiro atoms. The van der Waals surface area contributed by atoms with Crippen LogP contribution in [0.2, 0.25) is 0 Å². The van der Waals surface area contributed by atoms with Gasteiger partial charge in [-0.15, -0.1) is 0 Å². The number of anilines is 1. The highest BCUT2D eigenvalue weighted by molar-refractivity contribution is 5.92. The van der Waals surface area contributed by atoms with Crippen LogP contribution in [0.1, 0.15) is 41.5 Å². The van der Waals surface area contributed by atoms with Crippen LogP contribution >= 0.6 is 0 Å². The van der Waals surface area contributed by atoms with Gasteiger partial charge in [0.05, 0.1) is 29.4 Å². The Kier molecular flexibility index (Phi) is 6.54. The number of hydrogen-bond donors (Lipinski definition) is 3. The number of aliphatic hydroxyl groups excluding tert-OH is 1. The molecule has 0 amide bonds. The van der Waals surface area contributed by atoms with Crippen molar-refractivity contribution in [1.29, 1.82) is 0 Å². The third-order valence-electron chi connectivity index (χ3n) is 5.30. The Hall–Kier alpha value is -3.40. The summed E-state index contributed by atoms with van der Waals surface area (Å²) in [4.78, 5) is 28.8. The van der Waals surface area contributed by atoms with E-state index in [0.717, 1.165) is 6.20 Å². The Morgan fingerprint density at radius 3 is 2.34 bits per heavy atom. The van der Waals surface area contributed by atoms with Gasteiger partial charge in [-0.1, -0.05) is 13.8 Å². The van der Waals surface area contributed by atoms with Gasteiger partial charge < -0.3 is 20.1 Å². The fraction of sp³-hybridized carbons (Fsp3) is 0.318. The highest BCUT2D eigenvalue weighted by Gasteiger charge is 2.23. The zero-order valence-electron chi connectivity index (χ0n) is 17.6. The quantitative estimate of drug-likeness (QED) is 0.509. The molecule has 3 aromatic rings. The third-order valence-corrected chi connectivity index (χ3v) is 5.30. The van der Waals surface area contributed by atoms with E-state index in [9.17, 15) is 33.0 Å². The Labute approximate surface area is 181 Å². The average molecular weight is 449 g/mol. The molecule has 0 saturated heterocycles. The van der Waals surface area contributed by atoms with Crippen LogP contribution in [0, 0.1) is 30.3 Å². The lowest BCUT2D eigenvalue weighted by Crippen LogP contribution is -2.26. The van der Waals surface area contributed by atoms with Gasteiger partial charge >= 0.3 is 5.97 Å². The number of rotatable bonds is 7. The molecule has 3 rings (SSSR count). The molecule has 2 heterocycles. The zero-order valence-corrected chi connectivity index (χ0v) is 17.6. The van der Waals surface area contributed by atoms with E-state index in [1.54, 1.807) is 6.92 Å². The lowest BCUT2D eigenvalue weighted by molar-refractivity contribution is 0.0694. The van der Waals surface area contributed by atoms with Gasteiger partial charge in [-0.05, 0) is 18.9 Å². The number of halogens is 3. The predicted octanol–water partition coefficient (Wildman–Crippen LogP) is 3.62. The minimum atomic E-state index is -1.43. The first kappa shape index (κ1) is 23.3.